The smallest absolute Gasteiger partial charge is 0.410 e. The number of fused-ring (bicyclic) bond motifs is 1. The Balaban J connectivity index is 1.22. The molecule has 8 heteroatoms. The quantitative estimate of drug-likeness (QED) is 0.389. The van der Waals surface area contributed by atoms with Crippen molar-refractivity contribution in [2.75, 3.05) is 13.1 Å². The summed E-state index contributed by atoms with van der Waals surface area (Å²) >= 11 is 0. The Kier molecular flexibility index (Phi) is 6.73. The van der Waals surface area contributed by atoms with Gasteiger partial charge in [-0.1, -0.05) is 24.3 Å². The number of rotatable bonds is 6. The lowest BCUT2D eigenvalue weighted by Crippen LogP contribution is -2.35. The molecule has 198 valence electrons. The molecule has 4 aromatic rings. The molecule has 1 saturated heterocycles. The monoisotopic (exact) mass is 513 g/mol. The summed E-state index contributed by atoms with van der Waals surface area (Å²) < 4.78 is 9.50. The van der Waals surface area contributed by atoms with E-state index in [0.717, 1.165) is 54.8 Å². The average Bonchev–Trinajstić information content (AvgIpc) is 3.58. The van der Waals surface area contributed by atoms with Gasteiger partial charge < -0.3 is 19.9 Å². The molecule has 1 unspecified atom stereocenters. The fourth-order valence-corrected chi connectivity index (χ4v) is 5.12. The topological polar surface area (TPSA) is 95.4 Å². The van der Waals surface area contributed by atoms with Crippen LogP contribution in [0.4, 0.5) is 4.79 Å². The van der Waals surface area contributed by atoms with Crippen molar-refractivity contribution in [1.29, 1.82) is 0 Å². The number of nitrogens with zero attached hydrogens (tertiary/aromatic N) is 4. The molecule has 0 radical (unpaired) electrons. The van der Waals surface area contributed by atoms with Gasteiger partial charge in [-0.2, -0.15) is 5.10 Å². The number of primary amides is 1. The standard InChI is InChI=1S/C30H35N5O3/c1-20-15-26(28(31)36)32-35(20)25-9-10-27-24(17-25)12-14-33(27)18-22-7-5-21(6-8-22)16-23-11-13-34(19-23)29(37)38-30(2,3)4/h5-10,12,14-15,17,23H,11,13,16,18-19H2,1-4H3,(H2,31,36). The second kappa shape index (κ2) is 10.0. The predicted octanol–water partition coefficient (Wildman–Crippen LogP) is 5.08. The van der Waals surface area contributed by atoms with E-state index in [0.29, 0.717) is 5.92 Å². The van der Waals surface area contributed by atoms with Crippen LogP contribution in [0.25, 0.3) is 16.6 Å². The summed E-state index contributed by atoms with van der Waals surface area (Å²) in [6, 6.07) is 18.7. The maximum absolute atomic E-state index is 12.4. The Labute approximate surface area is 223 Å². The van der Waals surface area contributed by atoms with Crippen LogP contribution in [0.5, 0.6) is 0 Å². The zero-order chi connectivity index (χ0) is 27.0. The van der Waals surface area contributed by atoms with Crippen LogP contribution in [0.15, 0.2) is 60.8 Å². The van der Waals surface area contributed by atoms with Crippen molar-refractivity contribution in [3.05, 3.63) is 83.3 Å². The van der Waals surface area contributed by atoms with Crippen molar-refractivity contribution < 1.29 is 14.3 Å². The molecule has 1 aliphatic heterocycles. The summed E-state index contributed by atoms with van der Waals surface area (Å²) in [4.78, 5) is 25.7. The first-order chi connectivity index (χ1) is 18.1. The molecular weight excluding hydrogens is 478 g/mol. The number of aryl methyl sites for hydroxylation is 1. The van der Waals surface area contributed by atoms with Gasteiger partial charge in [-0.25, -0.2) is 9.48 Å². The van der Waals surface area contributed by atoms with Crippen LogP contribution >= 0.6 is 0 Å². The number of ether oxygens (including phenoxy) is 1. The van der Waals surface area contributed by atoms with Gasteiger partial charge in [0.25, 0.3) is 5.91 Å². The first-order valence-electron chi connectivity index (χ1n) is 13.1. The highest BCUT2D eigenvalue weighted by Gasteiger charge is 2.29. The summed E-state index contributed by atoms with van der Waals surface area (Å²) in [5, 5.41) is 5.44. The fourth-order valence-electron chi connectivity index (χ4n) is 5.12. The Morgan fingerprint density at radius 2 is 1.79 bits per heavy atom. The minimum absolute atomic E-state index is 0.211. The van der Waals surface area contributed by atoms with Gasteiger partial charge >= 0.3 is 6.09 Å². The molecular formula is C30H35N5O3. The normalized spacial score (nSPS) is 15.8. The van der Waals surface area contributed by atoms with Gasteiger partial charge in [0.15, 0.2) is 5.69 Å². The Morgan fingerprint density at radius 1 is 1.05 bits per heavy atom. The number of benzene rings is 2. The Bertz CT molecular complexity index is 1480. The Morgan fingerprint density at radius 3 is 2.47 bits per heavy atom. The third-order valence-electron chi connectivity index (χ3n) is 6.98. The summed E-state index contributed by atoms with van der Waals surface area (Å²) in [5.41, 5.74) is 10.6. The van der Waals surface area contributed by atoms with Crippen LogP contribution in [-0.2, 0) is 17.7 Å². The number of aromatic nitrogens is 3. The van der Waals surface area contributed by atoms with E-state index >= 15 is 0 Å². The molecule has 0 aliphatic carbocycles. The molecule has 0 spiro atoms. The van der Waals surface area contributed by atoms with E-state index in [1.165, 1.54) is 11.1 Å². The van der Waals surface area contributed by atoms with Gasteiger partial charge in [-0.05, 0) is 87.9 Å². The van der Waals surface area contributed by atoms with Crippen LogP contribution in [0.2, 0.25) is 0 Å². The van der Waals surface area contributed by atoms with E-state index in [1.807, 2.05) is 38.7 Å². The second-order valence-corrected chi connectivity index (χ2v) is 11.2. The van der Waals surface area contributed by atoms with Gasteiger partial charge in [-0.15, -0.1) is 0 Å². The molecule has 3 heterocycles. The maximum atomic E-state index is 12.4. The number of hydrogen-bond donors (Lipinski definition) is 1. The zero-order valence-electron chi connectivity index (χ0n) is 22.5. The van der Waals surface area contributed by atoms with Crippen molar-refractivity contribution in [3.8, 4) is 5.69 Å². The lowest BCUT2D eigenvalue weighted by atomic mass is 9.98. The van der Waals surface area contributed by atoms with Crippen molar-refractivity contribution in [2.45, 2.75) is 52.7 Å². The van der Waals surface area contributed by atoms with Crippen molar-refractivity contribution in [1.82, 2.24) is 19.2 Å². The number of amides is 2. The number of nitrogens with two attached hydrogens (primary N) is 1. The molecule has 2 aromatic carbocycles. The molecule has 38 heavy (non-hydrogen) atoms. The molecule has 8 nitrogen and oxygen atoms in total. The minimum atomic E-state index is -0.531. The van der Waals surface area contributed by atoms with Crippen molar-refractivity contribution in [3.63, 3.8) is 0 Å². The zero-order valence-corrected chi connectivity index (χ0v) is 22.5. The third kappa shape index (κ3) is 5.59. The molecule has 0 saturated carbocycles. The number of likely N-dealkylation sites (tertiary alicyclic amines) is 1. The SMILES string of the molecule is Cc1cc(C(N)=O)nn1-c1ccc2c(ccn2Cc2ccc(CC3CCN(C(=O)OC(C)(C)C)C3)cc2)c1. The summed E-state index contributed by atoms with van der Waals surface area (Å²) in [6.45, 7) is 9.88. The van der Waals surface area contributed by atoms with E-state index in [4.69, 9.17) is 10.5 Å². The van der Waals surface area contributed by atoms with E-state index in [2.05, 4.69) is 58.3 Å². The maximum Gasteiger partial charge on any atom is 0.410 e. The number of hydrogen-bond acceptors (Lipinski definition) is 4. The van der Waals surface area contributed by atoms with E-state index < -0.39 is 11.5 Å². The summed E-state index contributed by atoms with van der Waals surface area (Å²) in [7, 11) is 0. The van der Waals surface area contributed by atoms with Gasteiger partial charge in [0, 0.05) is 42.4 Å². The second-order valence-electron chi connectivity index (χ2n) is 11.2. The van der Waals surface area contributed by atoms with Gasteiger partial charge in [0.2, 0.25) is 0 Å². The number of carbonyl (C=O) groups is 2. The largest absolute Gasteiger partial charge is 0.444 e. The fraction of sp³-hybridized carbons (Fsp3) is 0.367. The third-order valence-corrected chi connectivity index (χ3v) is 6.98. The summed E-state index contributed by atoms with van der Waals surface area (Å²) in [6.07, 6.45) is 3.84. The van der Waals surface area contributed by atoms with Crippen LogP contribution in [0.3, 0.4) is 0 Å². The first-order valence-corrected chi connectivity index (χ1v) is 13.1. The molecule has 1 aliphatic rings. The molecule has 2 N–H and O–H groups in total. The molecule has 1 fully saturated rings. The predicted molar refractivity (Wildman–Crippen MR) is 147 cm³/mol. The molecule has 1 atom stereocenters. The molecule has 0 bridgehead atoms. The highest BCUT2D eigenvalue weighted by atomic mass is 16.6. The Hall–Kier alpha value is -4.07. The lowest BCUT2D eigenvalue weighted by molar-refractivity contribution is 0.0288. The minimum Gasteiger partial charge on any atom is -0.444 e. The van der Waals surface area contributed by atoms with Gasteiger partial charge in [0.05, 0.1) is 5.69 Å². The first kappa shape index (κ1) is 25.6. The summed E-state index contributed by atoms with van der Waals surface area (Å²) in [5.74, 6) is -0.0791. The molecule has 2 aromatic heterocycles. The van der Waals surface area contributed by atoms with Crippen LogP contribution < -0.4 is 5.73 Å². The molecule has 5 rings (SSSR count). The average molecular weight is 514 g/mol. The van der Waals surface area contributed by atoms with Crippen LogP contribution in [0.1, 0.15) is 54.5 Å². The van der Waals surface area contributed by atoms with E-state index in [9.17, 15) is 9.59 Å². The van der Waals surface area contributed by atoms with E-state index in [-0.39, 0.29) is 11.8 Å². The highest BCUT2D eigenvalue weighted by molar-refractivity contribution is 5.91. The highest BCUT2D eigenvalue weighted by Crippen LogP contribution is 2.25. The number of carbonyl (C=O) groups excluding carboxylic acids is 2. The van der Waals surface area contributed by atoms with Crippen LogP contribution in [-0.4, -0.2) is 49.9 Å². The van der Waals surface area contributed by atoms with Gasteiger partial charge in [0.1, 0.15) is 5.60 Å². The van der Waals surface area contributed by atoms with Crippen molar-refractivity contribution >= 4 is 22.9 Å². The van der Waals surface area contributed by atoms with E-state index in [1.54, 1.807) is 10.7 Å². The lowest BCUT2D eigenvalue weighted by Gasteiger charge is -2.24. The van der Waals surface area contributed by atoms with Crippen molar-refractivity contribution in [2.24, 2.45) is 11.7 Å². The molecule has 2 amide bonds. The van der Waals surface area contributed by atoms with Gasteiger partial charge in [-0.3, -0.25) is 4.79 Å². The van der Waals surface area contributed by atoms with Crippen LogP contribution in [0, 0.1) is 12.8 Å².